The first-order chi connectivity index (χ1) is 15.5. The lowest BCUT2D eigenvalue weighted by Gasteiger charge is -2.35. The van der Waals surface area contributed by atoms with Crippen LogP contribution in [0.25, 0.3) is 0 Å². The molecule has 1 aliphatic heterocycles. The summed E-state index contributed by atoms with van der Waals surface area (Å²) in [6, 6.07) is 9.45. The van der Waals surface area contributed by atoms with E-state index in [0.29, 0.717) is 19.3 Å². The molecule has 1 aliphatic rings. The second-order valence-electron chi connectivity index (χ2n) is 9.95. The predicted molar refractivity (Wildman–Crippen MR) is 126 cm³/mol. The van der Waals surface area contributed by atoms with Gasteiger partial charge in [0.2, 0.25) is 0 Å². The fraction of sp³-hybridized carbons (Fsp3) is 0.667. The van der Waals surface area contributed by atoms with Crippen LogP contribution in [-0.4, -0.2) is 46.1 Å². The molecular weight excluding hydrogens is 420 g/mol. The molecule has 0 spiro atoms. The number of ether oxygens (including phenoxy) is 1. The van der Waals surface area contributed by atoms with Gasteiger partial charge in [-0.1, -0.05) is 65.0 Å². The van der Waals surface area contributed by atoms with E-state index < -0.39 is 53.9 Å². The van der Waals surface area contributed by atoms with E-state index in [2.05, 4.69) is 0 Å². The first-order valence-corrected chi connectivity index (χ1v) is 12.2. The van der Waals surface area contributed by atoms with Crippen molar-refractivity contribution in [3.05, 3.63) is 35.9 Å². The maximum atomic E-state index is 13.3. The van der Waals surface area contributed by atoms with Crippen molar-refractivity contribution in [2.24, 2.45) is 35.5 Å². The van der Waals surface area contributed by atoms with Crippen LogP contribution < -0.4 is 0 Å². The predicted octanol–water partition coefficient (Wildman–Crippen LogP) is 3.61. The zero-order valence-corrected chi connectivity index (χ0v) is 20.7. The molecule has 1 aromatic rings. The summed E-state index contributed by atoms with van der Waals surface area (Å²) in [5.74, 6) is -4.61. The van der Waals surface area contributed by atoms with Gasteiger partial charge in [-0.2, -0.15) is 0 Å². The number of aliphatic hydroxyl groups excluding tert-OH is 2. The van der Waals surface area contributed by atoms with Crippen LogP contribution >= 0.6 is 0 Å². The van der Waals surface area contributed by atoms with Crippen LogP contribution in [0.1, 0.15) is 59.9 Å². The maximum absolute atomic E-state index is 13.3. The van der Waals surface area contributed by atoms with Crippen LogP contribution in [0.3, 0.4) is 0 Å². The normalized spacial score (nSPS) is 37.3. The first kappa shape index (κ1) is 27.2. The zero-order valence-electron chi connectivity index (χ0n) is 20.7. The van der Waals surface area contributed by atoms with Crippen molar-refractivity contribution >= 4 is 17.5 Å². The average molecular weight is 461 g/mol. The summed E-state index contributed by atoms with van der Waals surface area (Å²) < 4.78 is 5.86. The Kier molecular flexibility index (Phi) is 9.80. The van der Waals surface area contributed by atoms with Crippen LogP contribution in [-0.2, 0) is 25.5 Å². The third-order valence-electron chi connectivity index (χ3n) is 7.43. The Labute approximate surface area is 197 Å². The number of cyclic esters (lactones) is 1. The number of rotatable bonds is 3. The van der Waals surface area contributed by atoms with Crippen molar-refractivity contribution in [2.75, 3.05) is 0 Å². The Morgan fingerprint density at radius 3 is 2.09 bits per heavy atom. The van der Waals surface area contributed by atoms with E-state index >= 15 is 0 Å². The summed E-state index contributed by atoms with van der Waals surface area (Å²) >= 11 is 0. The molecular formula is C27H40O6. The Morgan fingerprint density at radius 2 is 1.52 bits per heavy atom. The molecule has 6 nitrogen and oxygen atoms in total. The van der Waals surface area contributed by atoms with Crippen molar-refractivity contribution in [1.82, 2.24) is 0 Å². The minimum absolute atomic E-state index is 0.174. The van der Waals surface area contributed by atoms with Gasteiger partial charge in [-0.25, -0.2) is 0 Å². The Balaban J connectivity index is 2.45. The molecule has 2 N–H and O–H groups in total. The minimum Gasteiger partial charge on any atom is -0.461 e. The van der Waals surface area contributed by atoms with Gasteiger partial charge >= 0.3 is 5.97 Å². The van der Waals surface area contributed by atoms with E-state index in [-0.39, 0.29) is 17.5 Å². The molecule has 1 fully saturated rings. The van der Waals surface area contributed by atoms with Crippen molar-refractivity contribution in [3.63, 3.8) is 0 Å². The molecule has 2 rings (SSSR count). The average Bonchev–Trinajstić information content (AvgIpc) is 2.80. The number of hydrogen-bond donors (Lipinski definition) is 2. The number of benzene rings is 1. The highest BCUT2D eigenvalue weighted by Crippen LogP contribution is 2.31. The smallest absolute Gasteiger partial charge is 0.311 e. The van der Waals surface area contributed by atoms with Crippen LogP contribution in [0.2, 0.25) is 0 Å². The minimum atomic E-state index is -1.10. The largest absolute Gasteiger partial charge is 0.461 e. The van der Waals surface area contributed by atoms with Gasteiger partial charge in [0.25, 0.3) is 0 Å². The summed E-state index contributed by atoms with van der Waals surface area (Å²) in [6.07, 6.45) is -1.69. The van der Waals surface area contributed by atoms with E-state index in [9.17, 15) is 24.6 Å². The van der Waals surface area contributed by atoms with Crippen molar-refractivity contribution < 1.29 is 29.3 Å². The summed E-state index contributed by atoms with van der Waals surface area (Å²) in [5, 5.41) is 21.8. The number of ketones is 2. The molecule has 6 heteroatoms. The highest BCUT2D eigenvalue weighted by atomic mass is 16.5. The van der Waals surface area contributed by atoms with E-state index in [1.807, 2.05) is 37.3 Å². The number of Topliss-reactive ketones (excluding diaryl/α,β-unsaturated/α-hetero) is 2. The SMILES string of the molecule is CC[C@H]1C(=O)O[C@H](Cc2ccccc2)[C@H](C)C(=O)C(C)C(=O)[C@H](C)C[C@H](C)[C@H](O)[C@@H](C)[C@@H]1O. The quantitative estimate of drug-likeness (QED) is 0.528. The number of carbonyl (C=O) groups is 3. The van der Waals surface area contributed by atoms with Gasteiger partial charge in [0.05, 0.1) is 30.0 Å². The molecule has 0 amide bonds. The van der Waals surface area contributed by atoms with Crippen LogP contribution in [0.4, 0.5) is 0 Å². The molecule has 0 radical (unpaired) electrons. The highest BCUT2D eigenvalue weighted by Gasteiger charge is 2.41. The van der Waals surface area contributed by atoms with Gasteiger partial charge in [-0.15, -0.1) is 0 Å². The van der Waals surface area contributed by atoms with Gasteiger partial charge in [0, 0.05) is 18.3 Å². The third-order valence-corrected chi connectivity index (χ3v) is 7.43. The number of hydrogen-bond acceptors (Lipinski definition) is 6. The number of esters is 1. The molecule has 9 atom stereocenters. The third kappa shape index (κ3) is 6.51. The lowest BCUT2D eigenvalue weighted by atomic mass is 9.77. The van der Waals surface area contributed by atoms with Crippen LogP contribution in [0.5, 0.6) is 0 Å². The van der Waals surface area contributed by atoms with E-state index in [4.69, 9.17) is 4.74 Å². The molecule has 0 saturated carbocycles. The highest BCUT2D eigenvalue weighted by molar-refractivity contribution is 6.03. The van der Waals surface area contributed by atoms with E-state index in [0.717, 1.165) is 5.56 Å². The standard InChI is InChI=1S/C27H40O6/c1-7-21-26(31)19(6)24(29)16(3)13-15(2)23(28)18(5)25(30)17(4)22(33-27(21)32)14-20-11-9-8-10-12-20/h8-12,15-19,21-22,24,26,29,31H,7,13-14H2,1-6H3/t15-,16+,17+,18?,19-,21-,22-,24+,26+/m1/s1. The lowest BCUT2D eigenvalue weighted by Crippen LogP contribution is -2.45. The molecule has 1 aromatic carbocycles. The van der Waals surface area contributed by atoms with Crippen molar-refractivity contribution in [2.45, 2.75) is 79.1 Å². The summed E-state index contributed by atoms with van der Waals surface area (Å²) in [4.78, 5) is 39.5. The molecule has 0 aromatic heterocycles. The van der Waals surface area contributed by atoms with Crippen LogP contribution in [0, 0.1) is 35.5 Å². The van der Waals surface area contributed by atoms with Crippen molar-refractivity contribution in [1.29, 1.82) is 0 Å². The molecule has 33 heavy (non-hydrogen) atoms. The molecule has 0 aliphatic carbocycles. The molecule has 1 saturated heterocycles. The number of carbonyl (C=O) groups excluding carboxylic acids is 3. The van der Waals surface area contributed by atoms with E-state index in [1.54, 1.807) is 34.6 Å². The van der Waals surface area contributed by atoms with Gasteiger partial charge < -0.3 is 14.9 Å². The lowest BCUT2D eigenvalue weighted by molar-refractivity contribution is -0.165. The van der Waals surface area contributed by atoms with Gasteiger partial charge in [0.15, 0.2) is 0 Å². The summed E-state index contributed by atoms with van der Waals surface area (Å²) in [6.45, 7) is 10.4. The molecule has 1 heterocycles. The Hall–Kier alpha value is -2.05. The van der Waals surface area contributed by atoms with Crippen molar-refractivity contribution in [3.8, 4) is 0 Å². The Morgan fingerprint density at radius 1 is 0.909 bits per heavy atom. The summed E-state index contributed by atoms with van der Waals surface area (Å²) in [7, 11) is 0. The first-order valence-electron chi connectivity index (χ1n) is 12.2. The molecule has 184 valence electrons. The fourth-order valence-corrected chi connectivity index (χ4v) is 5.00. The van der Waals surface area contributed by atoms with Crippen LogP contribution in [0.15, 0.2) is 30.3 Å². The van der Waals surface area contributed by atoms with Gasteiger partial charge in [-0.3, -0.25) is 14.4 Å². The monoisotopic (exact) mass is 460 g/mol. The second kappa shape index (κ2) is 11.9. The molecule has 1 unspecified atom stereocenters. The van der Waals surface area contributed by atoms with E-state index in [1.165, 1.54) is 0 Å². The van der Waals surface area contributed by atoms with Gasteiger partial charge in [0.1, 0.15) is 17.7 Å². The maximum Gasteiger partial charge on any atom is 0.311 e. The zero-order chi connectivity index (χ0) is 24.9. The van der Waals surface area contributed by atoms with Gasteiger partial charge in [-0.05, 0) is 31.2 Å². The second-order valence-corrected chi connectivity index (χ2v) is 9.95. The Bertz CT molecular complexity index is 806. The summed E-state index contributed by atoms with van der Waals surface area (Å²) in [5.41, 5.74) is 0.912. The molecule has 0 bridgehead atoms. The number of aliphatic hydroxyl groups is 2. The topological polar surface area (TPSA) is 101 Å². The fourth-order valence-electron chi connectivity index (χ4n) is 5.00.